The van der Waals surface area contributed by atoms with Crippen LogP contribution in [0.15, 0.2) is 89.1 Å². The third kappa shape index (κ3) is 7.13. The highest BCUT2D eigenvalue weighted by atomic mass is 35.5. The van der Waals surface area contributed by atoms with Crippen molar-refractivity contribution in [1.29, 1.82) is 0 Å². The molecule has 0 aliphatic carbocycles. The van der Waals surface area contributed by atoms with E-state index in [1.165, 1.54) is 10.1 Å². The Bertz CT molecular complexity index is 1300. The molecule has 9 heteroatoms. The molecule has 5 rings (SSSR count). The minimum atomic E-state index is -0.0503. The third-order valence-electron chi connectivity index (χ3n) is 6.38. The number of benzene rings is 3. The van der Waals surface area contributed by atoms with Crippen molar-refractivity contribution in [2.75, 3.05) is 44.2 Å². The Labute approximate surface area is 227 Å². The Kier molecular flexibility index (Phi) is 9.59. The fourth-order valence-electron chi connectivity index (χ4n) is 4.34. The number of hydrogen-bond acceptors (Lipinski definition) is 7. The Morgan fingerprint density at radius 3 is 2.27 bits per heavy atom. The van der Waals surface area contributed by atoms with Crippen LogP contribution in [0.2, 0.25) is 0 Å². The van der Waals surface area contributed by atoms with Crippen LogP contribution in [0.1, 0.15) is 23.2 Å². The number of piperazine rings is 1. The van der Waals surface area contributed by atoms with Crippen LogP contribution in [0.25, 0.3) is 10.1 Å². The lowest BCUT2D eigenvalue weighted by atomic mass is 10.2. The average molecular weight is 535 g/mol. The van der Waals surface area contributed by atoms with Crippen LogP contribution in [0.5, 0.6) is 0 Å². The number of nitrogens with zero attached hydrogens (tertiary/aromatic N) is 5. The second-order valence-corrected chi connectivity index (χ2v) is 9.68. The Hall–Kier alpha value is -3.33. The summed E-state index contributed by atoms with van der Waals surface area (Å²) in [5.74, 6) is 1.08. The largest absolute Gasteiger partial charge is 0.353 e. The van der Waals surface area contributed by atoms with Gasteiger partial charge < -0.3 is 10.2 Å². The van der Waals surface area contributed by atoms with Gasteiger partial charge in [-0.25, -0.2) is 0 Å². The van der Waals surface area contributed by atoms with E-state index < -0.39 is 0 Å². The molecule has 0 saturated carbocycles. The van der Waals surface area contributed by atoms with Crippen molar-refractivity contribution in [2.45, 2.75) is 12.8 Å². The molecule has 1 aromatic heterocycles. The van der Waals surface area contributed by atoms with Crippen LogP contribution in [-0.2, 0) is 0 Å². The summed E-state index contributed by atoms with van der Waals surface area (Å²) in [5.41, 5.74) is 2.16. The van der Waals surface area contributed by atoms with Gasteiger partial charge in [0.05, 0.1) is 16.1 Å². The molecule has 37 heavy (non-hydrogen) atoms. The molecule has 0 unspecified atom stereocenters. The first-order valence-electron chi connectivity index (χ1n) is 12.4. The first-order valence-corrected chi connectivity index (χ1v) is 13.2. The van der Waals surface area contributed by atoms with Gasteiger partial charge in [0.2, 0.25) is 0 Å². The molecule has 0 atom stereocenters. The zero-order valence-electron chi connectivity index (χ0n) is 20.6. The Morgan fingerprint density at radius 2 is 1.51 bits per heavy atom. The van der Waals surface area contributed by atoms with Crippen molar-refractivity contribution in [3.63, 3.8) is 0 Å². The number of rotatable bonds is 9. The lowest BCUT2D eigenvalue weighted by Crippen LogP contribution is -2.46. The summed E-state index contributed by atoms with van der Waals surface area (Å²) in [5, 5.41) is 12.7. The van der Waals surface area contributed by atoms with Crippen LogP contribution >= 0.6 is 23.9 Å². The molecule has 4 aromatic rings. The van der Waals surface area contributed by atoms with Crippen molar-refractivity contribution in [1.82, 2.24) is 14.6 Å². The predicted molar refractivity (Wildman–Crippen MR) is 154 cm³/mol. The zero-order chi connectivity index (χ0) is 24.6. The van der Waals surface area contributed by atoms with Crippen LogP contribution < -0.4 is 10.2 Å². The molecular formula is C28H31ClN6OS. The van der Waals surface area contributed by atoms with E-state index in [0.29, 0.717) is 12.1 Å². The summed E-state index contributed by atoms with van der Waals surface area (Å²) in [6, 6.07) is 25.3. The Balaban J connectivity index is 0.00000320. The summed E-state index contributed by atoms with van der Waals surface area (Å²) in [4.78, 5) is 17.4. The first-order chi connectivity index (χ1) is 17.8. The monoisotopic (exact) mass is 534 g/mol. The van der Waals surface area contributed by atoms with Crippen molar-refractivity contribution in [3.05, 3.63) is 84.4 Å². The van der Waals surface area contributed by atoms with Crippen molar-refractivity contribution < 1.29 is 4.79 Å². The van der Waals surface area contributed by atoms with Crippen LogP contribution in [-0.4, -0.2) is 54.4 Å². The molecule has 0 bridgehead atoms. The maximum absolute atomic E-state index is 12.5. The fourth-order valence-corrected chi connectivity index (χ4v) is 5.13. The molecule has 2 heterocycles. The molecule has 1 aliphatic rings. The summed E-state index contributed by atoms with van der Waals surface area (Å²) >= 11 is 1.58. The van der Waals surface area contributed by atoms with Gasteiger partial charge in [-0.3, -0.25) is 9.69 Å². The molecule has 1 aliphatic heterocycles. The number of aromatic nitrogens is 1. The van der Waals surface area contributed by atoms with E-state index in [0.717, 1.165) is 62.8 Å². The molecule has 0 spiro atoms. The lowest BCUT2D eigenvalue weighted by molar-refractivity contribution is 0.0952. The lowest BCUT2D eigenvalue weighted by Gasteiger charge is -2.35. The number of carbonyl (C=O) groups excluding carboxylic acids is 1. The molecule has 1 N–H and O–H groups in total. The van der Waals surface area contributed by atoms with E-state index in [4.69, 9.17) is 4.37 Å². The van der Waals surface area contributed by atoms with Crippen molar-refractivity contribution in [2.24, 2.45) is 10.2 Å². The number of anilines is 1. The van der Waals surface area contributed by atoms with Gasteiger partial charge in [-0.1, -0.05) is 30.3 Å². The molecule has 7 nitrogen and oxygen atoms in total. The molecular weight excluding hydrogens is 504 g/mol. The SMILES string of the molecule is Cl.O=C(NCCCCN1CCN(c2nsc3ccccc23)CC1)c1ccc(/N=N/c2ccccc2)cc1. The average Bonchev–Trinajstić information content (AvgIpc) is 3.37. The van der Waals surface area contributed by atoms with E-state index in [-0.39, 0.29) is 18.3 Å². The van der Waals surface area contributed by atoms with Gasteiger partial charge in [0.1, 0.15) is 5.82 Å². The number of nitrogens with one attached hydrogen (secondary N) is 1. The predicted octanol–water partition coefficient (Wildman–Crippen LogP) is 6.47. The molecule has 3 aromatic carbocycles. The number of amides is 1. The topological polar surface area (TPSA) is 73.2 Å². The summed E-state index contributed by atoms with van der Waals surface area (Å²) < 4.78 is 5.95. The number of halogens is 1. The normalized spacial score (nSPS) is 14.1. The molecule has 1 fully saturated rings. The highest BCUT2D eigenvalue weighted by Gasteiger charge is 2.20. The van der Waals surface area contributed by atoms with E-state index in [2.05, 4.69) is 49.6 Å². The molecule has 1 saturated heterocycles. The van der Waals surface area contributed by atoms with Gasteiger partial charge in [0.25, 0.3) is 5.91 Å². The van der Waals surface area contributed by atoms with Gasteiger partial charge in [0.15, 0.2) is 0 Å². The molecule has 1 amide bonds. The number of unbranched alkanes of at least 4 members (excludes halogenated alkanes) is 1. The Morgan fingerprint density at radius 1 is 0.838 bits per heavy atom. The standard InChI is InChI=1S/C28H30N6OS.ClH/c35-28(22-12-14-24(15-13-22)31-30-23-8-2-1-3-9-23)29-16-6-7-17-33-18-20-34(21-19-33)27-25-10-4-5-11-26(25)36-32-27;/h1-5,8-15H,6-7,16-21H2,(H,29,35);1H/b31-30+;. The maximum atomic E-state index is 12.5. The number of fused-ring (bicyclic) bond motifs is 1. The highest BCUT2D eigenvalue weighted by molar-refractivity contribution is 7.13. The highest BCUT2D eigenvalue weighted by Crippen LogP contribution is 2.29. The van der Waals surface area contributed by atoms with Crippen LogP contribution in [0.3, 0.4) is 0 Å². The number of hydrogen-bond donors (Lipinski definition) is 1. The number of carbonyl (C=O) groups is 1. The minimum Gasteiger partial charge on any atom is -0.353 e. The molecule has 192 valence electrons. The summed E-state index contributed by atoms with van der Waals surface area (Å²) in [6.07, 6.45) is 2.03. The number of azo groups is 1. The zero-order valence-corrected chi connectivity index (χ0v) is 22.3. The second kappa shape index (κ2) is 13.3. The molecule has 0 radical (unpaired) electrons. The van der Waals surface area contributed by atoms with Crippen LogP contribution in [0.4, 0.5) is 17.2 Å². The summed E-state index contributed by atoms with van der Waals surface area (Å²) in [6.45, 7) is 5.84. The van der Waals surface area contributed by atoms with E-state index in [1.807, 2.05) is 42.5 Å². The first kappa shape index (κ1) is 26.7. The van der Waals surface area contributed by atoms with E-state index >= 15 is 0 Å². The second-order valence-electron chi connectivity index (χ2n) is 8.88. The minimum absolute atomic E-state index is 0. The van der Waals surface area contributed by atoms with Crippen LogP contribution in [0, 0.1) is 0 Å². The van der Waals surface area contributed by atoms with Gasteiger partial charge >= 0.3 is 0 Å². The third-order valence-corrected chi connectivity index (χ3v) is 7.20. The van der Waals surface area contributed by atoms with E-state index in [9.17, 15) is 4.79 Å². The summed E-state index contributed by atoms with van der Waals surface area (Å²) in [7, 11) is 0. The van der Waals surface area contributed by atoms with Crippen molar-refractivity contribution >= 4 is 57.1 Å². The van der Waals surface area contributed by atoms with Gasteiger partial charge in [0, 0.05) is 43.7 Å². The van der Waals surface area contributed by atoms with Gasteiger partial charge in [-0.15, -0.1) is 12.4 Å². The van der Waals surface area contributed by atoms with E-state index in [1.54, 1.807) is 23.7 Å². The van der Waals surface area contributed by atoms with Crippen molar-refractivity contribution in [3.8, 4) is 0 Å². The van der Waals surface area contributed by atoms with Gasteiger partial charge in [-0.05, 0) is 79.4 Å². The smallest absolute Gasteiger partial charge is 0.251 e. The quantitative estimate of drug-likeness (QED) is 0.197. The maximum Gasteiger partial charge on any atom is 0.251 e. The van der Waals surface area contributed by atoms with Gasteiger partial charge in [-0.2, -0.15) is 14.6 Å². The fraction of sp³-hybridized carbons (Fsp3) is 0.286.